The topological polar surface area (TPSA) is 23.5 Å². The highest BCUT2D eigenvalue weighted by Crippen LogP contribution is 2.18. The Hall–Kier alpha value is -0.570. The molecule has 0 saturated heterocycles. The molecule has 0 aliphatic heterocycles. The Labute approximate surface area is 109 Å². The van der Waals surface area contributed by atoms with Crippen LogP contribution >= 0.6 is 11.6 Å². The van der Waals surface area contributed by atoms with Gasteiger partial charge in [-0.05, 0) is 31.9 Å². The molecule has 0 aliphatic rings. The number of nitrogens with zero attached hydrogens (tertiary/aromatic N) is 1. The molecule has 0 amide bonds. The van der Waals surface area contributed by atoms with Crippen LogP contribution in [0.15, 0.2) is 24.3 Å². The van der Waals surface area contributed by atoms with E-state index in [0.29, 0.717) is 12.6 Å². The van der Waals surface area contributed by atoms with Gasteiger partial charge in [-0.25, -0.2) is 0 Å². The Morgan fingerprint density at radius 1 is 1.29 bits per heavy atom. The fraction of sp³-hybridized carbons (Fsp3) is 0.571. The number of benzene rings is 1. The second kappa shape index (κ2) is 7.00. The lowest BCUT2D eigenvalue weighted by Crippen LogP contribution is -2.36. The van der Waals surface area contributed by atoms with Gasteiger partial charge in [-0.2, -0.15) is 0 Å². The monoisotopic (exact) mass is 255 g/mol. The van der Waals surface area contributed by atoms with E-state index in [2.05, 4.69) is 18.7 Å². The molecule has 1 unspecified atom stereocenters. The van der Waals surface area contributed by atoms with Crippen molar-refractivity contribution in [1.82, 2.24) is 4.90 Å². The number of hydrogen-bond acceptors (Lipinski definition) is 2. The van der Waals surface area contributed by atoms with E-state index in [1.807, 2.05) is 31.2 Å². The van der Waals surface area contributed by atoms with Crippen LogP contribution in [0.4, 0.5) is 0 Å². The summed E-state index contributed by atoms with van der Waals surface area (Å²) in [6.07, 6.45) is 0.519. The first kappa shape index (κ1) is 14.5. The van der Waals surface area contributed by atoms with Gasteiger partial charge in [-0.3, -0.25) is 4.90 Å². The standard InChI is InChI=1S/C14H22ClNO/c1-4-13(17)10-16(11(2)3)9-12-7-5-6-8-14(12)15/h5-8,11,13,17H,4,9-10H2,1-3H3. The van der Waals surface area contributed by atoms with E-state index in [1.54, 1.807) is 0 Å². The first-order valence-corrected chi connectivity index (χ1v) is 6.58. The van der Waals surface area contributed by atoms with Crippen LogP contribution < -0.4 is 0 Å². The van der Waals surface area contributed by atoms with Gasteiger partial charge >= 0.3 is 0 Å². The maximum Gasteiger partial charge on any atom is 0.0664 e. The maximum absolute atomic E-state index is 9.75. The third-order valence-corrected chi connectivity index (χ3v) is 3.35. The molecular formula is C14H22ClNO. The Bertz CT molecular complexity index is 341. The van der Waals surface area contributed by atoms with Gasteiger partial charge < -0.3 is 5.11 Å². The van der Waals surface area contributed by atoms with Gasteiger partial charge in [0, 0.05) is 24.2 Å². The van der Waals surface area contributed by atoms with Crippen molar-refractivity contribution < 1.29 is 5.11 Å². The SMILES string of the molecule is CCC(O)CN(Cc1ccccc1Cl)C(C)C. The van der Waals surface area contributed by atoms with Crippen LogP contribution in [0.2, 0.25) is 5.02 Å². The molecule has 0 radical (unpaired) electrons. The van der Waals surface area contributed by atoms with Crippen LogP contribution in [0.25, 0.3) is 0 Å². The molecule has 1 aromatic carbocycles. The smallest absolute Gasteiger partial charge is 0.0664 e. The van der Waals surface area contributed by atoms with Gasteiger partial charge in [0.05, 0.1) is 6.10 Å². The first-order chi connectivity index (χ1) is 8.04. The summed E-state index contributed by atoms with van der Waals surface area (Å²) in [5.41, 5.74) is 1.12. The highest BCUT2D eigenvalue weighted by molar-refractivity contribution is 6.31. The van der Waals surface area contributed by atoms with Gasteiger partial charge in [0.1, 0.15) is 0 Å². The Balaban J connectivity index is 2.70. The Morgan fingerprint density at radius 2 is 1.94 bits per heavy atom. The Morgan fingerprint density at radius 3 is 2.47 bits per heavy atom. The highest BCUT2D eigenvalue weighted by atomic mass is 35.5. The van der Waals surface area contributed by atoms with Crippen molar-refractivity contribution >= 4 is 11.6 Å². The largest absolute Gasteiger partial charge is 0.392 e. The Kier molecular flexibility index (Phi) is 5.96. The molecule has 2 nitrogen and oxygen atoms in total. The molecule has 1 aromatic rings. The molecule has 96 valence electrons. The van der Waals surface area contributed by atoms with Crippen molar-refractivity contribution in [2.24, 2.45) is 0 Å². The molecule has 0 aromatic heterocycles. The van der Waals surface area contributed by atoms with Gasteiger partial charge in [0.15, 0.2) is 0 Å². The molecule has 0 heterocycles. The summed E-state index contributed by atoms with van der Waals surface area (Å²) >= 11 is 6.15. The summed E-state index contributed by atoms with van der Waals surface area (Å²) in [7, 11) is 0. The van der Waals surface area contributed by atoms with E-state index in [-0.39, 0.29) is 6.10 Å². The maximum atomic E-state index is 9.75. The summed E-state index contributed by atoms with van der Waals surface area (Å²) in [4.78, 5) is 2.25. The minimum Gasteiger partial charge on any atom is -0.392 e. The lowest BCUT2D eigenvalue weighted by molar-refractivity contribution is 0.0882. The van der Waals surface area contributed by atoms with Gasteiger partial charge in [0.25, 0.3) is 0 Å². The van der Waals surface area contributed by atoms with Crippen molar-refractivity contribution in [3.63, 3.8) is 0 Å². The van der Waals surface area contributed by atoms with E-state index in [1.165, 1.54) is 0 Å². The lowest BCUT2D eigenvalue weighted by atomic mass is 10.1. The minimum absolute atomic E-state index is 0.264. The number of hydrogen-bond donors (Lipinski definition) is 1. The van der Waals surface area contributed by atoms with Gasteiger partial charge in [0.2, 0.25) is 0 Å². The normalized spacial score (nSPS) is 13.4. The van der Waals surface area contributed by atoms with Crippen molar-refractivity contribution in [3.05, 3.63) is 34.9 Å². The van der Waals surface area contributed by atoms with Crippen molar-refractivity contribution in [3.8, 4) is 0 Å². The average molecular weight is 256 g/mol. The molecule has 1 atom stereocenters. The van der Waals surface area contributed by atoms with Gasteiger partial charge in [-0.15, -0.1) is 0 Å². The molecule has 0 spiro atoms. The number of rotatable bonds is 6. The highest BCUT2D eigenvalue weighted by Gasteiger charge is 2.15. The van der Waals surface area contributed by atoms with Crippen LogP contribution in [0.3, 0.4) is 0 Å². The average Bonchev–Trinajstić information content (AvgIpc) is 2.30. The van der Waals surface area contributed by atoms with Gasteiger partial charge in [-0.1, -0.05) is 36.7 Å². The number of aliphatic hydroxyl groups is 1. The zero-order chi connectivity index (χ0) is 12.8. The number of aliphatic hydroxyl groups excluding tert-OH is 1. The molecular weight excluding hydrogens is 234 g/mol. The molecule has 0 bridgehead atoms. The molecule has 0 saturated carbocycles. The predicted octanol–water partition coefficient (Wildman–Crippen LogP) is 3.32. The fourth-order valence-corrected chi connectivity index (χ4v) is 1.90. The van der Waals surface area contributed by atoms with E-state index >= 15 is 0 Å². The van der Waals surface area contributed by atoms with E-state index in [9.17, 15) is 5.11 Å². The summed E-state index contributed by atoms with van der Waals surface area (Å²) in [6.45, 7) is 7.75. The third kappa shape index (κ3) is 4.66. The van der Waals surface area contributed by atoms with E-state index in [4.69, 9.17) is 11.6 Å². The predicted molar refractivity (Wildman–Crippen MR) is 73.3 cm³/mol. The first-order valence-electron chi connectivity index (χ1n) is 6.20. The minimum atomic E-state index is -0.264. The van der Waals surface area contributed by atoms with E-state index < -0.39 is 0 Å². The molecule has 17 heavy (non-hydrogen) atoms. The quantitative estimate of drug-likeness (QED) is 0.843. The van der Waals surface area contributed by atoms with Crippen LogP contribution in [-0.2, 0) is 6.54 Å². The molecule has 0 aliphatic carbocycles. The van der Waals surface area contributed by atoms with Crippen molar-refractivity contribution in [2.75, 3.05) is 6.54 Å². The number of halogens is 1. The second-order valence-corrected chi connectivity index (χ2v) is 5.08. The van der Waals surface area contributed by atoms with E-state index in [0.717, 1.165) is 23.6 Å². The molecule has 1 N–H and O–H groups in total. The zero-order valence-electron chi connectivity index (χ0n) is 10.9. The van der Waals surface area contributed by atoms with Crippen LogP contribution in [-0.4, -0.2) is 28.7 Å². The summed E-state index contributed by atoms with van der Waals surface area (Å²) in [5.74, 6) is 0. The summed E-state index contributed by atoms with van der Waals surface area (Å²) in [5, 5.41) is 10.5. The van der Waals surface area contributed by atoms with Crippen LogP contribution in [0.5, 0.6) is 0 Å². The van der Waals surface area contributed by atoms with Crippen LogP contribution in [0, 0.1) is 0 Å². The molecule has 0 fully saturated rings. The molecule has 3 heteroatoms. The van der Waals surface area contributed by atoms with Crippen molar-refractivity contribution in [1.29, 1.82) is 0 Å². The van der Waals surface area contributed by atoms with Crippen LogP contribution in [0.1, 0.15) is 32.8 Å². The molecule has 1 rings (SSSR count). The zero-order valence-corrected chi connectivity index (χ0v) is 11.6. The summed E-state index contributed by atoms with van der Waals surface area (Å²) in [6, 6.07) is 8.27. The fourth-order valence-electron chi connectivity index (χ4n) is 1.70. The summed E-state index contributed by atoms with van der Waals surface area (Å²) < 4.78 is 0. The third-order valence-electron chi connectivity index (χ3n) is 2.98. The second-order valence-electron chi connectivity index (χ2n) is 4.68. The lowest BCUT2D eigenvalue weighted by Gasteiger charge is -2.28. The van der Waals surface area contributed by atoms with Crippen molar-refractivity contribution in [2.45, 2.75) is 45.9 Å².